The third-order valence-corrected chi connectivity index (χ3v) is 3.45. The topological polar surface area (TPSA) is 42.2 Å². The van der Waals surface area contributed by atoms with Crippen molar-refractivity contribution in [2.24, 2.45) is 0 Å². The molecule has 90 valence electrons. The number of furan rings is 1. The minimum Gasteiger partial charge on any atom is -0.459 e. The Morgan fingerprint density at radius 1 is 1.47 bits per heavy atom. The molecule has 1 amide bonds. The minimum absolute atomic E-state index is 0.102. The van der Waals surface area contributed by atoms with Crippen LogP contribution in [0.1, 0.15) is 27.2 Å². The standard InChI is InChI=1S/C13H15NO2S/c1-9(8-11-6-5-10(2)17-11)14-13(15)12-4-3-7-16-12/h3-7,9H,8H2,1-2H3,(H,14,15). The van der Waals surface area contributed by atoms with Crippen molar-refractivity contribution in [3.05, 3.63) is 46.0 Å². The van der Waals surface area contributed by atoms with E-state index >= 15 is 0 Å². The van der Waals surface area contributed by atoms with Gasteiger partial charge in [0.2, 0.25) is 0 Å². The molecule has 2 heterocycles. The van der Waals surface area contributed by atoms with Crippen molar-refractivity contribution in [3.8, 4) is 0 Å². The van der Waals surface area contributed by atoms with E-state index in [1.165, 1.54) is 16.0 Å². The molecule has 1 N–H and O–H groups in total. The summed E-state index contributed by atoms with van der Waals surface area (Å²) in [5.41, 5.74) is 0. The van der Waals surface area contributed by atoms with Gasteiger partial charge in [0, 0.05) is 22.2 Å². The van der Waals surface area contributed by atoms with Gasteiger partial charge in [0.15, 0.2) is 5.76 Å². The normalized spacial score (nSPS) is 12.4. The quantitative estimate of drug-likeness (QED) is 0.905. The highest BCUT2D eigenvalue weighted by atomic mass is 32.1. The minimum atomic E-state index is -0.157. The Morgan fingerprint density at radius 2 is 2.29 bits per heavy atom. The lowest BCUT2D eigenvalue weighted by molar-refractivity contribution is 0.0912. The van der Waals surface area contributed by atoms with E-state index in [1.54, 1.807) is 23.5 Å². The number of rotatable bonds is 4. The number of nitrogens with one attached hydrogen (secondary N) is 1. The summed E-state index contributed by atoms with van der Waals surface area (Å²) >= 11 is 1.77. The summed E-state index contributed by atoms with van der Waals surface area (Å²) in [5.74, 6) is 0.204. The Hall–Kier alpha value is -1.55. The highest BCUT2D eigenvalue weighted by Gasteiger charge is 2.12. The third kappa shape index (κ3) is 3.20. The Bertz CT molecular complexity index is 487. The monoisotopic (exact) mass is 249 g/mol. The van der Waals surface area contributed by atoms with Crippen molar-refractivity contribution in [1.29, 1.82) is 0 Å². The van der Waals surface area contributed by atoms with Gasteiger partial charge in [0.1, 0.15) is 0 Å². The molecular weight excluding hydrogens is 234 g/mol. The van der Waals surface area contributed by atoms with Crippen LogP contribution in [0.2, 0.25) is 0 Å². The predicted octanol–water partition coefficient (Wildman–Crippen LogP) is 3.01. The highest BCUT2D eigenvalue weighted by Crippen LogP contribution is 2.16. The first-order chi connectivity index (χ1) is 8.15. The van der Waals surface area contributed by atoms with E-state index in [4.69, 9.17) is 4.42 Å². The fourth-order valence-corrected chi connectivity index (χ4v) is 2.67. The van der Waals surface area contributed by atoms with Crippen molar-refractivity contribution in [2.45, 2.75) is 26.3 Å². The fourth-order valence-electron chi connectivity index (χ4n) is 1.65. The second-order valence-corrected chi connectivity index (χ2v) is 5.44. The van der Waals surface area contributed by atoms with Gasteiger partial charge in [0.25, 0.3) is 5.91 Å². The molecule has 1 atom stereocenters. The predicted molar refractivity (Wildman–Crippen MR) is 68.4 cm³/mol. The van der Waals surface area contributed by atoms with E-state index in [0.29, 0.717) is 5.76 Å². The van der Waals surface area contributed by atoms with E-state index in [0.717, 1.165) is 6.42 Å². The van der Waals surface area contributed by atoms with Gasteiger partial charge in [-0.3, -0.25) is 4.79 Å². The van der Waals surface area contributed by atoms with E-state index in [1.807, 2.05) is 6.92 Å². The van der Waals surface area contributed by atoms with E-state index in [9.17, 15) is 4.79 Å². The summed E-state index contributed by atoms with van der Waals surface area (Å²) in [7, 11) is 0. The summed E-state index contributed by atoms with van der Waals surface area (Å²) in [6.45, 7) is 4.08. The maximum Gasteiger partial charge on any atom is 0.287 e. The van der Waals surface area contributed by atoms with Crippen molar-refractivity contribution in [2.75, 3.05) is 0 Å². The van der Waals surface area contributed by atoms with E-state index in [-0.39, 0.29) is 11.9 Å². The number of amides is 1. The molecule has 0 radical (unpaired) electrons. The second kappa shape index (κ2) is 5.19. The van der Waals surface area contributed by atoms with Crippen LogP contribution in [0.15, 0.2) is 34.9 Å². The van der Waals surface area contributed by atoms with Gasteiger partial charge < -0.3 is 9.73 Å². The van der Waals surface area contributed by atoms with Crippen LogP contribution in [0, 0.1) is 6.92 Å². The van der Waals surface area contributed by atoms with E-state index in [2.05, 4.69) is 24.4 Å². The van der Waals surface area contributed by atoms with Crippen LogP contribution < -0.4 is 5.32 Å². The molecule has 17 heavy (non-hydrogen) atoms. The zero-order valence-electron chi connectivity index (χ0n) is 9.90. The summed E-state index contributed by atoms with van der Waals surface area (Å²) in [4.78, 5) is 14.3. The van der Waals surface area contributed by atoms with Gasteiger partial charge >= 0.3 is 0 Å². The zero-order valence-corrected chi connectivity index (χ0v) is 10.7. The smallest absolute Gasteiger partial charge is 0.287 e. The van der Waals surface area contributed by atoms with Gasteiger partial charge in [-0.15, -0.1) is 11.3 Å². The molecule has 0 fully saturated rings. The largest absolute Gasteiger partial charge is 0.459 e. The number of carbonyl (C=O) groups is 1. The summed E-state index contributed by atoms with van der Waals surface area (Å²) in [6, 6.07) is 7.68. The number of hydrogen-bond acceptors (Lipinski definition) is 3. The molecule has 0 aliphatic heterocycles. The lowest BCUT2D eigenvalue weighted by Gasteiger charge is -2.11. The SMILES string of the molecule is Cc1ccc(CC(C)NC(=O)c2ccco2)s1. The van der Waals surface area contributed by atoms with Gasteiger partial charge in [-0.25, -0.2) is 0 Å². The van der Waals surface area contributed by atoms with Crippen LogP contribution in [-0.2, 0) is 6.42 Å². The van der Waals surface area contributed by atoms with Crippen molar-refractivity contribution in [1.82, 2.24) is 5.32 Å². The first-order valence-corrected chi connectivity index (χ1v) is 6.36. The summed E-state index contributed by atoms with van der Waals surface area (Å²) in [6.07, 6.45) is 2.35. The van der Waals surface area contributed by atoms with Gasteiger partial charge in [-0.1, -0.05) is 0 Å². The van der Waals surface area contributed by atoms with Crippen LogP contribution >= 0.6 is 11.3 Å². The number of carbonyl (C=O) groups excluding carboxylic acids is 1. The Balaban J connectivity index is 1.89. The first-order valence-electron chi connectivity index (χ1n) is 5.55. The summed E-state index contributed by atoms with van der Waals surface area (Å²) < 4.78 is 5.04. The fraction of sp³-hybridized carbons (Fsp3) is 0.308. The van der Waals surface area contributed by atoms with Crippen molar-refractivity contribution in [3.63, 3.8) is 0 Å². The van der Waals surface area contributed by atoms with Gasteiger partial charge in [-0.05, 0) is 38.1 Å². The molecule has 0 aromatic carbocycles. The third-order valence-electron chi connectivity index (χ3n) is 2.43. The Labute approximate surface area is 104 Å². The second-order valence-electron chi connectivity index (χ2n) is 4.07. The van der Waals surface area contributed by atoms with Crippen molar-refractivity contribution >= 4 is 17.2 Å². The number of thiophene rings is 1. The average Bonchev–Trinajstić information content (AvgIpc) is 2.89. The lowest BCUT2D eigenvalue weighted by atomic mass is 10.2. The Morgan fingerprint density at radius 3 is 2.88 bits per heavy atom. The molecule has 2 aromatic heterocycles. The molecule has 0 aliphatic rings. The molecule has 2 rings (SSSR count). The van der Waals surface area contributed by atoms with Crippen LogP contribution in [0.5, 0.6) is 0 Å². The first kappa shape index (κ1) is 11.9. The maximum absolute atomic E-state index is 11.7. The molecule has 0 aliphatic carbocycles. The zero-order chi connectivity index (χ0) is 12.3. The van der Waals surface area contributed by atoms with E-state index < -0.39 is 0 Å². The van der Waals surface area contributed by atoms with Crippen LogP contribution in [-0.4, -0.2) is 11.9 Å². The molecule has 4 heteroatoms. The molecule has 1 unspecified atom stereocenters. The molecule has 0 spiro atoms. The van der Waals surface area contributed by atoms with Crippen molar-refractivity contribution < 1.29 is 9.21 Å². The van der Waals surface area contributed by atoms with Gasteiger partial charge in [-0.2, -0.15) is 0 Å². The molecular formula is C13H15NO2S. The highest BCUT2D eigenvalue weighted by molar-refractivity contribution is 7.11. The average molecular weight is 249 g/mol. The molecule has 2 aromatic rings. The number of aryl methyl sites for hydroxylation is 1. The number of hydrogen-bond donors (Lipinski definition) is 1. The Kier molecular flexibility index (Phi) is 3.64. The summed E-state index contributed by atoms with van der Waals surface area (Å²) in [5, 5.41) is 2.91. The van der Waals surface area contributed by atoms with Crippen LogP contribution in [0.25, 0.3) is 0 Å². The van der Waals surface area contributed by atoms with Crippen LogP contribution in [0.4, 0.5) is 0 Å². The molecule has 0 bridgehead atoms. The molecule has 0 saturated carbocycles. The van der Waals surface area contributed by atoms with Crippen LogP contribution in [0.3, 0.4) is 0 Å². The maximum atomic E-state index is 11.7. The molecule has 0 saturated heterocycles. The molecule has 3 nitrogen and oxygen atoms in total. The van der Waals surface area contributed by atoms with Gasteiger partial charge in [0.05, 0.1) is 6.26 Å². The lowest BCUT2D eigenvalue weighted by Crippen LogP contribution is -2.33.